The molecule has 6 heterocycles. The third-order valence-corrected chi connectivity index (χ3v) is 13.0. The molecule has 2 N–H and O–H groups in total. The van der Waals surface area contributed by atoms with Gasteiger partial charge < -0.3 is 29.2 Å². The number of carbonyl (C=O) groups is 4. The van der Waals surface area contributed by atoms with Gasteiger partial charge in [-0.05, 0) is 81.7 Å². The molecule has 2 saturated heterocycles. The van der Waals surface area contributed by atoms with Crippen molar-refractivity contribution in [2.75, 3.05) is 40.4 Å². The lowest BCUT2D eigenvalue weighted by Crippen LogP contribution is -2.62. The van der Waals surface area contributed by atoms with E-state index < -0.39 is 35.4 Å². The lowest BCUT2D eigenvalue weighted by Gasteiger charge is -2.37. The molecule has 64 heavy (non-hydrogen) atoms. The van der Waals surface area contributed by atoms with Crippen LogP contribution >= 0.6 is 65.3 Å². The number of amides is 4. The number of carbonyl (C=O) groups excluding carboxylic acids is 4. The number of methoxy groups -OCH3 is 1. The maximum absolute atomic E-state index is 14.5. The Labute approximate surface area is 409 Å². The number of benzene rings is 1. The lowest BCUT2D eigenvalue weighted by atomic mass is 9.84. The smallest absolute Gasteiger partial charge is 0.324 e. The van der Waals surface area contributed by atoms with Crippen molar-refractivity contribution in [3.63, 3.8) is 0 Å². The van der Waals surface area contributed by atoms with Gasteiger partial charge in [0.05, 0.1) is 34.8 Å². The van der Waals surface area contributed by atoms with Crippen LogP contribution in [0, 0.1) is 11.3 Å². The second kappa shape index (κ2) is 23.3. The first-order valence-electron chi connectivity index (χ1n) is 21.4. The number of pyridine rings is 1. The summed E-state index contributed by atoms with van der Waals surface area (Å²) < 4.78 is 14.2. The highest BCUT2D eigenvalue weighted by Gasteiger charge is 2.39. The van der Waals surface area contributed by atoms with Crippen LogP contribution < -0.4 is 10.7 Å². The molecule has 6 bridgehead atoms. The SMILES string of the molecule is CCn1c(-c2cccnc2[C@H](C)OC)c2c3cc(ccc31)-c1csc(n1)C[C@H](NC(=O)[C@H](C(C)C)N(C)C(=O)N1CCCC1)C(=O)N1CCC[C@H](N1)C(=O)OCC(C)(C)C2.S.S.S.S. The molecule has 0 unspecified atom stereocenters. The Bertz CT molecular complexity index is 2250. The average Bonchev–Trinajstić information content (AvgIpc) is 4.01. The molecule has 4 amide bonds. The summed E-state index contributed by atoms with van der Waals surface area (Å²) in [5.41, 5.74) is 9.42. The largest absolute Gasteiger partial charge is 0.464 e. The summed E-state index contributed by atoms with van der Waals surface area (Å²) in [6, 6.07) is 7.68. The Balaban J connectivity index is 0.00000272. The molecule has 4 aromatic rings. The van der Waals surface area contributed by atoms with E-state index in [2.05, 4.69) is 60.3 Å². The monoisotopic (exact) mass is 976 g/mol. The molecule has 3 aliphatic rings. The summed E-state index contributed by atoms with van der Waals surface area (Å²) in [5, 5.41) is 8.21. The minimum absolute atomic E-state index is 0. The van der Waals surface area contributed by atoms with Crippen molar-refractivity contribution >= 4 is 100 Å². The van der Waals surface area contributed by atoms with E-state index >= 15 is 0 Å². The van der Waals surface area contributed by atoms with Crippen molar-refractivity contribution in [2.45, 2.75) is 111 Å². The van der Waals surface area contributed by atoms with Crippen LogP contribution in [0.2, 0.25) is 0 Å². The number of hydrazine groups is 1. The number of rotatable bonds is 8. The van der Waals surface area contributed by atoms with Crippen molar-refractivity contribution in [1.82, 2.24) is 40.1 Å². The topological polar surface area (TPSA) is 151 Å². The standard InChI is InChI=1S/C45H60N8O6S.4H2S/c1-9-52-36-17-16-29-22-31(36)32(40(52)30-14-12-18-46-38(30)28(4)58-8)24-45(5,6)26-59-43(56)33-15-13-21-53(49-33)42(55)34(23-37-47-35(29)25-60-37)48-41(54)39(27(2)3)50(7)44(57)51-19-10-11-20-51;;;;/h12,14,16-18,22,25,27-28,33-34,39,49H,9-11,13,15,19-21,23-24,26H2,1-8H3,(H,48,54);4*1H2/t28-,33-,34-,39-;;;;/m0..../s1. The number of urea groups is 1. The molecule has 354 valence electrons. The number of hydrogen-bond donors (Lipinski definition) is 2. The number of ether oxygens (including phenoxy) is 2. The van der Waals surface area contributed by atoms with E-state index in [9.17, 15) is 19.2 Å². The molecule has 3 aromatic heterocycles. The fourth-order valence-corrected chi connectivity index (χ4v) is 9.85. The summed E-state index contributed by atoms with van der Waals surface area (Å²) in [7, 11) is 3.35. The number of cyclic esters (lactones) is 1. The van der Waals surface area contributed by atoms with Crippen LogP contribution in [0.3, 0.4) is 0 Å². The summed E-state index contributed by atoms with van der Waals surface area (Å²) in [6.45, 7) is 14.7. The van der Waals surface area contributed by atoms with E-state index in [1.54, 1.807) is 25.3 Å². The minimum Gasteiger partial charge on any atom is -0.464 e. The molecule has 2 fully saturated rings. The van der Waals surface area contributed by atoms with Crippen molar-refractivity contribution in [3.05, 3.63) is 58.2 Å². The molecule has 3 aliphatic heterocycles. The summed E-state index contributed by atoms with van der Waals surface area (Å²) >= 11 is 1.43. The zero-order chi connectivity index (χ0) is 42.9. The second-order valence-electron chi connectivity index (χ2n) is 17.5. The molecule has 1 aromatic carbocycles. The molecule has 7 rings (SSSR count). The Morgan fingerprint density at radius 3 is 2.45 bits per heavy atom. The number of esters is 1. The van der Waals surface area contributed by atoms with Crippen LogP contribution in [0.25, 0.3) is 33.4 Å². The Kier molecular flexibility index (Phi) is 20.0. The van der Waals surface area contributed by atoms with Crippen molar-refractivity contribution in [1.29, 1.82) is 0 Å². The zero-order valence-electron chi connectivity index (χ0n) is 38.2. The van der Waals surface area contributed by atoms with Crippen LogP contribution in [0.4, 0.5) is 4.79 Å². The first kappa shape index (κ1) is 54.9. The Morgan fingerprint density at radius 1 is 1.06 bits per heavy atom. The van der Waals surface area contributed by atoms with Gasteiger partial charge >= 0.3 is 12.0 Å². The summed E-state index contributed by atoms with van der Waals surface area (Å²) in [6.07, 6.45) is 5.20. The maximum Gasteiger partial charge on any atom is 0.324 e. The van der Waals surface area contributed by atoms with Gasteiger partial charge in [-0.3, -0.25) is 24.4 Å². The normalized spacial score (nSPS) is 19.5. The molecule has 0 saturated carbocycles. The van der Waals surface area contributed by atoms with Crippen LogP contribution in [-0.4, -0.2) is 112 Å². The van der Waals surface area contributed by atoms with E-state index in [4.69, 9.17) is 19.4 Å². The summed E-state index contributed by atoms with van der Waals surface area (Å²) in [5.74, 6) is -1.46. The first-order chi connectivity index (χ1) is 28.7. The highest BCUT2D eigenvalue weighted by atomic mass is 32.1. The number of nitrogens with zero attached hydrogens (tertiary/aromatic N) is 6. The fraction of sp³-hybridized carbons (Fsp3) is 0.556. The molecular formula is C45H68N8O6S5. The Morgan fingerprint density at radius 2 is 1.78 bits per heavy atom. The number of nitrogens with one attached hydrogen (secondary N) is 2. The molecule has 19 heteroatoms. The van der Waals surface area contributed by atoms with Crippen LogP contribution in [0.5, 0.6) is 0 Å². The highest BCUT2D eigenvalue weighted by Crippen LogP contribution is 2.42. The van der Waals surface area contributed by atoms with Gasteiger partial charge in [-0.25, -0.2) is 15.2 Å². The van der Waals surface area contributed by atoms with E-state index in [-0.39, 0.29) is 91.0 Å². The van der Waals surface area contributed by atoms with Crippen molar-refractivity contribution in [3.8, 4) is 22.5 Å². The number of thiazole rings is 1. The van der Waals surface area contributed by atoms with Gasteiger partial charge in [0, 0.05) is 85.8 Å². The van der Waals surface area contributed by atoms with E-state index in [0.717, 1.165) is 57.5 Å². The third-order valence-electron chi connectivity index (χ3n) is 12.2. The molecule has 0 radical (unpaired) electrons. The van der Waals surface area contributed by atoms with Crippen LogP contribution in [0.15, 0.2) is 41.9 Å². The van der Waals surface area contributed by atoms with Gasteiger partial charge in [0.2, 0.25) is 5.91 Å². The quantitative estimate of drug-likeness (QED) is 0.181. The Hall–Kier alpha value is -3.46. The minimum atomic E-state index is -1.02. The third kappa shape index (κ3) is 11.6. The lowest BCUT2D eigenvalue weighted by molar-refractivity contribution is -0.155. The van der Waals surface area contributed by atoms with Gasteiger partial charge in [0.1, 0.15) is 18.1 Å². The van der Waals surface area contributed by atoms with Gasteiger partial charge in [-0.2, -0.15) is 54.0 Å². The molecule has 4 atom stereocenters. The number of aromatic nitrogens is 3. The molecule has 0 aliphatic carbocycles. The van der Waals surface area contributed by atoms with Crippen molar-refractivity contribution < 1.29 is 28.7 Å². The predicted octanol–water partition coefficient (Wildman–Crippen LogP) is 6.83. The van der Waals surface area contributed by atoms with Crippen LogP contribution in [-0.2, 0) is 43.2 Å². The predicted molar refractivity (Wildman–Crippen MR) is 273 cm³/mol. The second-order valence-corrected chi connectivity index (χ2v) is 18.5. The van der Waals surface area contributed by atoms with Crippen LogP contribution in [0.1, 0.15) is 89.6 Å². The maximum atomic E-state index is 14.5. The van der Waals surface area contributed by atoms with Gasteiger partial charge in [0.25, 0.3) is 5.91 Å². The number of aryl methyl sites for hydroxylation is 1. The van der Waals surface area contributed by atoms with Gasteiger partial charge in [0.15, 0.2) is 0 Å². The molecule has 0 spiro atoms. The van der Waals surface area contributed by atoms with Gasteiger partial charge in [-0.1, -0.05) is 33.8 Å². The zero-order valence-corrected chi connectivity index (χ0v) is 43.1. The first-order valence-corrected chi connectivity index (χ1v) is 22.2. The molecular weight excluding hydrogens is 909 g/mol. The fourth-order valence-electron chi connectivity index (χ4n) is 9.00. The van der Waals surface area contributed by atoms with Gasteiger partial charge in [-0.15, -0.1) is 11.3 Å². The number of hydrogen-bond acceptors (Lipinski definition) is 10. The number of likely N-dealkylation sites (N-methyl/N-ethyl adjacent to an activating group) is 1. The van der Waals surface area contributed by atoms with E-state index in [1.165, 1.54) is 21.2 Å². The van der Waals surface area contributed by atoms with E-state index in [1.807, 2.05) is 32.2 Å². The number of likely N-dealkylation sites (tertiary alicyclic amines) is 1. The average molecular weight is 977 g/mol. The van der Waals surface area contributed by atoms with Crippen molar-refractivity contribution in [2.24, 2.45) is 11.3 Å². The van der Waals surface area contributed by atoms with E-state index in [0.29, 0.717) is 50.4 Å². The highest BCUT2D eigenvalue weighted by molar-refractivity contribution is 7.59. The number of fused-ring (bicyclic) bond motifs is 6. The molecule has 14 nitrogen and oxygen atoms in total. The summed E-state index contributed by atoms with van der Waals surface area (Å²) in [4.78, 5) is 69.2.